The number of carbonyl (C=O) groups excluding carboxylic acids is 1. The van der Waals surface area contributed by atoms with Crippen molar-refractivity contribution in [2.75, 3.05) is 13.2 Å². The first-order valence-electron chi connectivity index (χ1n) is 13.3. The number of nitrogens with zero attached hydrogens (tertiary/aromatic N) is 5. The lowest BCUT2D eigenvalue weighted by atomic mass is 10.1. The van der Waals surface area contributed by atoms with E-state index in [4.69, 9.17) is 14.6 Å². The molecule has 222 valence electrons. The molecule has 2 aliphatic heterocycles. The maximum Gasteiger partial charge on any atom is 0.296 e. The minimum atomic E-state index is -0.850. The third kappa shape index (κ3) is 5.79. The topological polar surface area (TPSA) is 186 Å². The third-order valence-corrected chi connectivity index (χ3v) is 7.01. The molecule has 0 radical (unpaired) electrons. The number of aromatic amines is 1. The van der Waals surface area contributed by atoms with Crippen LogP contribution in [0.15, 0.2) is 46.5 Å². The van der Waals surface area contributed by atoms with Gasteiger partial charge in [-0.25, -0.2) is 19.3 Å². The Balaban J connectivity index is 0.000000180. The van der Waals surface area contributed by atoms with E-state index < -0.39 is 22.8 Å². The van der Waals surface area contributed by atoms with Gasteiger partial charge in [0.2, 0.25) is 5.75 Å². The molecule has 0 bridgehead atoms. The summed E-state index contributed by atoms with van der Waals surface area (Å²) in [4.78, 5) is 50.9. The van der Waals surface area contributed by atoms with E-state index in [2.05, 4.69) is 25.3 Å². The summed E-state index contributed by atoms with van der Waals surface area (Å²) in [5.41, 5.74) is -0.638. The Morgan fingerprint density at radius 2 is 1.98 bits per heavy atom. The molecule has 4 N–H and O–H groups in total. The lowest BCUT2D eigenvalue weighted by molar-refractivity contribution is -0.0566. The number of carbonyl (C=O) groups is 1. The predicted octanol–water partition coefficient (Wildman–Crippen LogP) is 1.07. The summed E-state index contributed by atoms with van der Waals surface area (Å²) in [6.45, 7) is 4.17. The molecule has 1 saturated heterocycles. The fourth-order valence-electron chi connectivity index (χ4n) is 4.79. The van der Waals surface area contributed by atoms with Crippen molar-refractivity contribution in [1.82, 2.24) is 34.4 Å². The van der Waals surface area contributed by atoms with Gasteiger partial charge >= 0.3 is 0 Å². The average molecular weight is 584 g/mol. The van der Waals surface area contributed by atoms with Crippen LogP contribution in [0.5, 0.6) is 5.75 Å². The van der Waals surface area contributed by atoms with Gasteiger partial charge in [-0.1, -0.05) is 12.1 Å². The van der Waals surface area contributed by atoms with Crippen LogP contribution in [-0.2, 0) is 28.2 Å². The lowest BCUT2D eigenvalue weighted by Crippen LogP contribution is -2.42. The van der Waals surface area contributed by atoms with Gasteiger partial charge in [0.1, 0.15) is 23.5 Å². The second-order valence-corrected chi connectivity index (χ2v) is 10.3. The average Bonchev–Trinajstić information content (AvgIpc) is 3.63. The largest absolute Gasteiger partial charge is 0.501 e. The standard InChI is InChI=1S/C17H18FN3O4.C10H12N4O3/c1-17(2)16-20-12(13(22)15(24)21(16)7-8-25-17)14(23)19-9-10-3-5-11(18)6-4-10;15-3-6-1-2-7(17-6)14-5-13-8-9(14)11-4-12-10(8)16/h3-6,22H,7-9H2,1-2H3,(H,19,23);4-7,15H,1-3H2,(H,11,12,16)/t;6-,7+/m.0/s1. The minimum Gasteiger partial charge on any atom is -0.501 e. The molecule has 2 atom stereocenters. The number of aromatic hydroxyl groups is 1. The number of hydrogen-bond donors (Lipinski definition) is 4. The molecule has 0 aliphatic carbocycles. The summed E-state index contributed by atoms with van der Waals surface area (Å²) in [5, 5.41) is 21.7. The molecule has 1 aromatic carbocycles. The van der Waals surface area contributed by atoms with Gasteiger partial charge < -0.3 is 30.0 Å². The molecule has 0 spiro atoms. The zero-order chi connectivity index (χ0) is 30.0. The number of aromatic nitrogens is 6. The number of fused-ring (bicyclic) bond motifs is 2. The molecule has 6 rings (SSSR count). The zero-order valence-electron chi connectivity index (χ0n) is 22.9. The normalized spacial score (nSPS) is 19.1. The second kappa shape index (κ2) is 11.8. The summed E-state index contributed by atoms with van der Waals surface area (Å²) < 4.78 is 27.2. The zero-order valence-corrected chi connectivity index (χ0v) is 22.9. The van der Waals surface area contributed by atoms with Crippen LogP contribution < -0.4 is 16.4 Å². The Morgan fingerprint density at radius 3 is 2.69 bits per heavy atom. The van der Waals surface area contributed by atoms with Crippen LogP contribution in [0.25, 0.3) is 11.2 Å². The van der Waals surface area contributed by atoms with Gasteiger partial charge in [-0.05, 0) is 44.4 Å². The summed E-state index contributed by atoms with van der Waals surface area (Å²) >= 11 is 0. The maximum absolute atomic E-state index is 12.9. The fraction of sp³-hybridized carbons (Fsp3) is 0.407. The monoisotopic (exact) mass is 583 g/mol. The molecule has 0 unspecified atom stereocenters. The van der Waals surface area contributed by atoms with Crippen molar-refractivity contribution in [3.05, 3.63) is 80.5 Å². The Morgan fingerprint density at radius 1 is 1.21 bits per heavy atom. The number of ether oxygens (including phenoxy) is 2. The van der Waals surface area contributed by atoms with E-state index in [0.717, 1.165) is 12.8 Å². The number of halogens is 1. The number of benzene rings is 1. The first-order valence-corrected chi connectivity index (χ1v) is 13.3. The number of H-pyrrole nitrogens is 1. The van der Waals surface area contributed by atoms with E-state index in [9.17, 15) is 23.9 Å². The molecule has 3 aromatic heterocycles. The number of aliphatic hydroxyl groups is 1. The van der Waals surface area contributed by atoms with Crippen molar-refractivity contribution in [2.24, 2.45) is 0 Å². The van der Waals surface area contributed by atoms with Gasteiger partial charge in [0.15, 0.2) is 16.9 Å². The summed E-state index contributed by atoms with van der Waals surface area (Å²) in [6.07, 6.45) is 4.14. The highest BCUT2D eigenvalue weighted by molar-refractivity contribution is 5.94. The Hall–Kier alpha value is -4.47. The van der Waals surface area contributed by atoms with Gasteiger partial charge in [-0.15, -0.1) is 0 Å². The number of imidazole rings is 1. The molecular weight excluding hydrogens is 553 g/mol. The molecule has 2 aliphatic rings. The van der Waals surface area contributed by atoms with Crippen LogP contribution in [0.1, 0.15) is 54.8 Å². The van der Waals surface area contributed by atoms with Gasteiger partial charge in [-0.2, -0.15) is 0 Å². The van der Waals surface area contributed by atoms with Crippen LogP contribution in [0.2, 0.25) is 0 Å². The van der Waals surface area contributed by atoms with E-state index in [1.54, 1.807) is 24.7 Å². The van der Waals surface area contributed by atoms with Crippen molar-refractivity contribution < 1.29 is 28.9 Å². The van der Waals surface area contributed by atoms with Gasteiger partial charge in [-0.3, -0.25) is 23.5 Å². The molecule has 14 nitrogen and oxygen atoms in total. The van der Waals surface area contributed by atoms with E-state index in [-0.39, 0.29) is 54.9 Å². The number of amides is 1. The van der Waals surface area contributed by atoms with E-state index in [0.29, 0.717) is 23.3 Å². The predicted molar refractivity (Wildman–Crippen MR) is 145 cm³/mol. The fourth-order valence-corrected chi connectivity index (χ4v) is 4.79. The molecule has 42 heavy (non-hydrogen) atoms. The molecule has 15 heteroatoms. The smallest absolute Gasteiger partial charge is 0.296 e. The van der Waals surface area contributed by atoms with E-state index >= 15 is 0 Å². The highest BCUT2D eigenvalue weighted by Crippen LogP contribution is 2.29. The first kappa shape index (κ1) is 29.0. The van der Waals surface area contributed by atoms with Crippen LogP contribution >= 0.6 is 0 Å². The van der Waals surface area contributed by atoms with E-state index in [1.165, 1.54) is 35.2 Å². The molecule has 1 amide bonds. The van der Waals surface area contributed by atoms with Crippen molar-refractivity contribution >= 4 is 17.1 Å². The van der Waals surface area contributed by atoms with Crippen molar-refractivity contribution in [3.8, 4) is 5.75 Å². The first-order chi connectivity index (χ1) is 20.1. The van der Waals surface area contributed by atoms with Crippen LogP contribution in [0, 0.1) is 5.82 Å². The number of rotatable bonds is 5. The van der Waals surface area contributed by atoms with Crippen molar-refractivity contribution in [3.63, 3.8) is 0 Å². The summed E-state index contributed by atoms with van der Waals surface area (Å²) in [5.74, 6) is -1.48. The van der Waals surface area contributed by atoms with Crippen LogP contribution in [-0.4, -0.2) is 64.5 Å². The molecule has 5 heterocycles. The maximum atomic E-state index is 12.9. The SMILES string of the molecule is CC1(C)OCCn2c1nc(C(=O)NCc1ccc(F)cc1)c(O)c2=O.O=c1[nH]cnc2c1ncn2[C@H]1CC[C@@H](CO)O1. The molecule has 4 aromatic rings. The second-order valence-electron chi connectivity index (χ2n) is 10.3. The van der Waals surface area contributed by atoms with Gasteiger partial charge in [0, 0.05) is 6.54 Å². The van der Waals surface area contributed by atoms with Crippen LogP contribution in [0.3, 0.4) is 0 Å². The number of aliphatic hydroxyl groups excluding tert-OH is 1. The number of nitrogens with one attached hydrogen (secondary N) is 2. The highest BCUT2D eigenvalue weighted by Gasteiger charge is 2.34. The highest BCUT2D eigenvalue weighted by atomic mass is 19.1. The molecular formula is C27H30FN7O7. The Kier molecular flexibility index (Phi) is 8.15. The van der Waals surface area contributed by atoms with Crippen molar-refractivity contribution in [2.45, 2.75) is 57.7 Å². The van der Waals surface area contributed by atoms with Gasteiger partial charge in [0.05, 0.1) is 38.5 Å². The minimum absolute atomic E-state index is 0.0111. The number of hydrogen-bond acceptors (Lipinski definition) is 10. The Labute approximate surface area is 237 Å². The van der Waals surface area contributed by atoms with E-state index in [1.807, 2.05) is 0 Å². The molecule has 0 saturated carbocycles. The van der Waals surface area contributed by atoms with Crippen molar-refractivity contribution in [1.29, 1.82) is 0 Å². The summed E-state index contributed by atoms with van der Waals surface area (Å²) in [6, 6.07) is 5.62. The van der Waals surface area contributed by atoms with Crippen LogP contribution in [0.4, 0.5) is 4.39 Å². The third-order valence-electron chi connectivity index (χ3n) is 7.01. The Bertz CT molecular complexity index is 1710. The van der Waals surface area contributed by atoms with Gasteiger partial charge in [0.25, 0.3) is 17.0 Å². The summed E-state index contributed by atoms with van der Waals surface area (Å²) in [7, 11) is 0. The quantitative estimate of drug-likeness (QED) is 0.265. The lowest BCUT2D eigenvalue weighted by Gasteiger charge is -2.32. The molecule has 1 fully saturated rings.